The second kappa shape index (κ2) is 3.47. The third-order valence-electron chi connectivity index (χ3n) is 2.04. The number of fused-ring (bicyclic) bond motifs is 1. The van der Waals surface area contributed by atoms with Crippen LogP contribution in [0.3, 0.4) is 0 Å². The maximum Gasteiger partial charge on any atom is 0.317 e. The minimum Gasteiger partial charge on any atom is -0.467 e. The molecule has 13 heavy (non-hydrogen) atoms. The molecule has 0 saturated carbocycles. The zero-order chi connectivity index (χ0) is 9.26. The first kappa shape index (κ1) is 8.72. The van der Waals surface area contributed by atoms with Crippen molar-refractivity contribution in [3.63, 3.8) is 0 Å². The van der Waals surface area contributed by atoms with E-state index in [1.165, 1.54) is 0 Å². The Morgan fingerprint density at radius 1 is 1.46 bits per heavy atom. The topological polar surface area (TPSA) is 47.0 Å². The first-order valence-corrected chi connectivity index (χ1v) is 4.49. The molecule has 0 aliphatic carbocycles. The van der Waals surface area contributed by atoms with Crippen molar-refractivity contribution < 1.29 is 4.74 Å². The summed E-state index contributed by atoms with van der Waals surface area (Å²) in [5, 5.41) is 3.71. The third kappa shape index (κ3) is 1.59. The van der Waals surface area contributed by atoms with E-state index in [0.717, 1.165) is 30.8 Å². The van der Waals surface area contributed by atoms with E-state index in [0.29, 0.717) is 11.2 Å². The van der Waals surface area contributed by atoms with Gasteiger partial charge in [0.25, 0.3) is 0 Å². The van der Waals surface area contributed by atoms with Crippen molar-refractivity contribution in [1.29, 1.82) is 0 Å². The van der Waals surface area contributed by atoms with Crippen molar-refractivity contribution >= 4 is 11.6 Å². The van der Waals surface area contributed by atoms with E-state index < -0.39 is 0 Å². The summed E-state index contributed by atoms with van der Waals surface area (Å²) in [5.74, 6) is 0. The number of rotatable bonds is 1. The van der Waals surface area contributed by atoms with Gasteiger partial charge in [0, 0.05) is 25.1 Å². The minimum atomic E-state index is 0.352. The Hall–Kier alpha value is -0.870. The average Bonchev–Trinajstić information content (AvgIpc) is 2.18. The molecule has 1 aliphatic heterocycles. The van der Waals surface area contributed by atoms with Crippen LogP contribution in [0.25, 0.3) is 0 Å². The number of ether oxygens (including phenoxy) is 1. The van der Waals surface area contributed by atoms with Crippen LogP contribution >= 0.6 is 11.6 Å². The molecule has 1 aromatic heterocycles. The van der Waals surface area contributed by atoms with Gasteiger partial charge in [0.15, 0.2) is 0 Å². The number of aromatic nitrogens is 2. The molecule has 0 fully saturated rings. The largest absolute Gasteiger partial charge is 0.467 e. The van der Waals surface area contributed by atoms with Crippen LogP contribution < -0.4 is 10.1 Å². The molecular weight excluding hydrogens is 190 g/mol. The summed E-state index contributed by atoms with van der Waals surface area (Å²) in [5.41, 5.74) is 1.99. The fourth-order valence-corrected chi connectivity index (χ4v) is 1.62. The fraction of sp³-hybridized carbons (Fsp3) is 0.500. The molecule has 0 bridgehead atoms. The summed E-state index contributed by atoms with van der Waals surface area (Å²) in [7, 11) is 1.54. The van der Waals surface area contributed by atoms with Crippen molar-refractivity contribution in [2.24, 2.45) is 0 Å². The smallest absolute Gasteiger partial charge is 0.317 e. The van der Waals surface area contributed by atoms with Gasteiger partial charge in [-0.2, -0.15) is 9.97 Å². The number of methoxy groups -OCH3 is 1. The molecule has 1 N–H and O–H groups in total. The Morgan fingerprint density at radius 2 is 2.31 bits per heavy atom. The quantitative estimate of drug-likeness (QED) is 0.680. The maximum atomic E-state index is 5.95. The Morgan fingerprint density at radius 3 is 3.08 bits per heavy atom. The summed E-state index contributed by atoms with van der Waals surface area (Å²) < 4.78 is 4.93. The van der Waals surface area contributed by atoms with Crippen LogP contribution in [0.4, 0.5) is 0 Å². The Balaban J connectivity index is 2.47. The van der Waals surface area contributed by atoms with Gasteiger partial charge in [0.1, 0.15) is 5.15 Å². The van der Waals surface area contributed by atoms with Crippen LogP contribution in [-0.4, -0.2) is 23.6 Å². The number of hydrogen-bond acceptors (Lipinski definition) is 4. The van der Waals surface area contributed by atoms with E-state index in [4.69, 9.17) is 16.3 Å². The van der Waals surface area contributed by atoms with Crippen LogP contribution in [0.15, 0.2) is 0 Å². The predicted molar refractivity (Wildman–Crippen MR) is 49.0 cm³/mol. The Kier molecular flexibility index (Phi) is 2.33. The van der Waals surface area contributed by atoms with Gasteiger partial charge in [-0.1, -0.05) is 11.6 Å². The van der Waals surface area contributed by atoms with Gasteiger partial charge in [0.05, 0.1) is 12.8 Å². The van der Waals surface area contributed by atoms with Crippen molar-refractivity contribution in [1.82, 2.24) is 15.3 Å². The average molecular weight is 200 g/mol. The second-order valence-corrected chi connectivity index (χ2v) is 3.21. The standard InChI is InChI=1S/C8H10ClN3O/c1-13-8-11-6-2-3-10-4-5(6)7(9)12-8/h10H,2-4H2,1H3. The van der Waals surface area contributed by atoms with Crippen molar-refractivity contribution in [3.8, 4) is 6.01 Å². The highest BCUT2D eigenvalue weighted by molar-refractivity contribution is 6.30. The number of halogens is 1. The molecule has 0 spiro atoms. The molecule has 2 heterocycles. The summed E-state index contributed by atoms with van der Waals surface area (Å²) in [4.78, 5) is 8.23. The van der Waals surface area contributed by atoms with Crippen LogP contribution in [0.2, 0.25) is 5.15 Å². The lowest BCUT2D eigenvalue weighted by Gasteiger charge is -2.16. The van der Waals surface area contributed by atoms with E-state index in [1.54, 1.807) is 7.11 Å². The molecule has 0 atom stereocenters. The summed E-state index contributed by atoms with van der Waals surface area (Å²) in [6.45, 7) is 1.68. The van der Waals surface area contributed by atoms with E-state index in [-0.39, 0.29) is 0 Å². The van der Waals surface area contributed by atoms with E-state index >= 15 is 0 Å². The molecule has 0 unspecified atom stereocenters. The molecule has 1 aliphatic rings. The van der Waals surface area contributed by atoms with Crippen LogP contribution in [0.1, 0.15) is 11.3 Å². The van der Waals surface area contributed by atoms with Gasteiger partial charge in [-0.3, -0.25) is 0 Å². The summed E-state index contributed by atoms with van der Waals surface area (Å²) in [6, 6.07) is 0.352. The molecule has 0 radical (unpaired) electrons. The van der Waals surface area contributed by atoms with Crippen molar-refractivity contribution in [2.45, 2.75) is 13.0 Å². The minimum absolute atomic E-state index is 0.352. The zero-order valence-corrected chi connectivity index (χ0v) is 8.06. The molecule has 70 valence electrons. The molecule has 0 amide bonds. The normalized spacial score (nSPS) is 15.2. The first-order chi connectivity index (χ1) is 6.31. The van der Waals surface area contributed by atoms with Crippen LogP contribution in [0, 0.1) is 0 Å². The molecular formula is C8H10ClN3O. The zero-order valence-electron chi connectivity index (χ0n) is 7.30. The van der Waals surface area contributed by atoms with E-state index in [9.17, 15) is 0 Å². The molecule has 2 rings (SSSR count). The number of hydrogen-bond donors (Lipinski definition) is 1. The maximum absolute atomic E-state index is 5.95. The van der Waals surface area contributed by atoms with Gasteiger partial charge in [0.2, 0.25) is 0 Å². The Bertz CT molecular complexity index is 329. The molecule has 0 aromatic carbocycles. The summed E-state index contributed by atoms with van der Waals surface area (Å²) >= 11 is 5.95. The fourth-order valence-electron chi connectivity index (χ4n) is 1.37. The predicted octanol–water partition coefficient (Wildman–Crippen LogP) is 0.784. The lowest BCUT2D eigenvalue weighted by molar-refractivity contribution is 0.376. The lowest BCUT2D eigenvalue weighted by atomic mass is 10.1. The Labute approximate surface area is 81.3 Å². The highest BCUT2D eigenvalue weighted by Crippen LogP contribution is 2.21. The second-order valence-electron chi connectivity index (χ2n) is 2.85. The SMILES string of the molecule is COc1nc(Cl)c2c(n1)CCNC2. The van der Waals surface area contributed by atoms with E-state index in [2.05, 4.69) is 15.3 Å². The highest BCUT2D eigenvalue weighted by atomic mass is 35.5. The van der Waals surface area contributed by atoms with E-state index in [1.807, 2.05) is 0 Å². The van der Waals surface area contributed by atoms with Crippen molar-refractivity contribution in [2.75, 3.05) is 13.7 Å². The van der Waals surface area contributed by atoms with Gasteiger partial charge in [-0.05, 0) is 0 Å². The molecule has 5 heteroatoms. The van der Waals surface area contributed by atoms with Gasteiger partial charge >= 0.3 is 6.01 Å². The number of nitrogens with zero attached hydrogens (tertiary/aromatic N) is 2. The molecule has 0 saturated heterocycles. The van der Waals surface area contributed by atoms with Gasteiger partial charge in [-0.25, -0.2) is 0 Å². The van der Waals surface area contributed by atoms with Crippen LogP contribution in [0.5, 0.6) is 6.01 Å². The number of nitrogens with one attached hydrogen (secondary N) is 1. The highest BCUT2D eigenvalue weighted by Gasteiger charge is 2.16. The molecule has 4 nitrogen and oxygen atoms in total. The van der Waals surface area contributed by atoms with Crippen LogP contribution in [-0.2, 0) is 13.0 Å². The van der Waals surface area contributed by atoms with Crippen molar-refractivity contribution in [3.05, 3.63) is 16.4 Å². The molecule has 1 aromatic rings. The first-order valence-electron chi connectivity index (χ1n) is 4.11. The monoisotopic (exact) mass is 199 g/mol. The lowest BCUT2D eigenvalue weighted by Crippen LogP contribution is -2.25. The van der Waals surface area contributed by atoms with Gasteiger partial charge < -0.3 is 10.1 Å². The van der Waals surface area contributed by atoms with Gasteiger partial charge in [-0.15, -0.1) is 0 Å². The third-order valence-corrected chi connectivity index (χ3v) is 2.36. The summed E-state index contributed by atoms with van der Waals surface area (Å²) in [6.07, 6.45) is 0.883.